The summed E-state index contributed by atoms with van der Waals surface area (Å²) < 4.78 is 11.1. The molecule has 0 bridgehead atoms. The molecule has 0 radical (unpaired) electrons. The van der Waals surface area contributed by atoms with Crippen molar-refractivity contribution >= 4 is 11.6 Å². The first-order valence-electron chi connectivity index (χ1n) is 8.41. The van der Waals surface area contributed by atoms with Crippen molar-refractivity contribution in [2.75, 3.05) is 12.4 Å². The summed E-state index contributed by atoms with van der Waals surface area (Å²) in [6, 6.07) is 17.1. The quantitative estimate of drug-likeness (QED) is 0.872. The molecule has 0 aliphatic heterocycles. The van der Waals surface area contributed by atoms with Crippen molar-refractivity contribution in [2.24, 2.45) is 5.92 Å². The highest BCUT2D eigenvalue weighted by Gasteiger charge is 2.26. The molecule has 4 heteroatoms. The van der Waals surface area contributed by atoms with E-state index in [1.54, 1.807) is 7.11 Å². The topological polar surface area (TPSA) is 47.6 Å². The van der Waals surface area contributed by atoms with Crippen LogP contribution in [0.4, 0.5) is 5.69 Å². The summed E-state index contributed by atoms with van der Waals surface area (Å²) in [5.74, 6) is 1.72. The molecule has 24 heavy (non-hydrogen) atoms. The van der Waals surface area contributed by atoms with Gasteiger partial charge in [-0.15, -0.1) is 0 Å². The number of ether oxygens (including phenoxy) is 2. The summed E-state index contributed by atoms with van der Waals surface area (Å²) in [6.07, 6.45) is 4.00. The predicted molar refractivity (Wildman–Crippen MR) is 94.3 cm³/mol. The molecular weight excluding hydrogens is 302 g/mol. The van der Waals surface area contributed by atoms with Crippen LogP contribution in [0.3, 0.4) is 0 Å². The van der Waals surface area contributed by atoms with Gasteiger partial charge in [-0.3, -0.25) is 4.79 Å². The molecule has 0 atom stereocenters. The number of carbonyl (C=O) groups is 1. The number of methoxy groups -OCH3 is 1. The van der Waals surface area contributed by atoms with Gasteiger partial charge < -0.3 is 14.8 Å². The summed E-state index contributed by atoms with van der Waals surface area (Å²) in [4.78, 5) is 12.4. The SMILES string of the molecule is COC1CCC(C(=O)Nc2ccc(Oc3ccccc3)cc2)CC1. The number of rotatable bonds is 5. The molecule has 1 fully saturated rings. The fourth-order valence-electron chi connectivity index (χ4n) is 3.04. The summed E-state index contributed by atoms with van der Waals surface area (Å²) >= 11 is 0. The summed E-state index contributed by atoms with van der Waals surface area (Å²) in [5, 5.41) is 3.00. The second kappa shape index (κ2) is 7.97. The molecular formula is C20H23NO3. The number of amides is 1. The van der Waals surface area contributed by atoms with Gasteiger partial charge >= 0.3 is 0 Å². The van der Waals surface area contributed by atoms with E-state index in [2.05, 4.69) is 5.32 Å². The van der Waals surface area contributed by atoms with Gasteiger partial charge in [-0.25, -0.2) is 0 Å². The number of para-hydroxylation sites is 1. The minimum Gasteiger partial charge on any atom is -0.457 e. The Bertz CT molecular complexity index is 646. The Kier molecular flexibility index (Phi) is 5.49. The van der Waals surface area contributed by atoms with E-state index >= 15 is 0 Å². The van der Waals surface area contributed by atoms with Crippen molar-refractivity contribution in [2.45, 2.75) is 31.8 Å². The summed E-state index contributed by atoms with van der Waals surface area (Å²) in [5.41, 5.74) is 0.800. The van der Waals surface area contributed by atoms with Gasteiger partial charge in [0.15, 0.2) is 0 Å². The Balaban J connectivity index is 1.53. The molecule has 1 aliphatic rings. The van der Waals surface area contributed by atoms with E-state index in [-0.39, 0.29) is 11.8 Å². The van der Waals surface area contributed by atoms with Gasteiger partial charge in [0.1, 0.15) is 11.5 Å². The highest BCUT2D eigenvalue weighted by Crippen LogP contribution is 2.28. The van der Waals surface area contributed by atoms with Crippen LogP contribution in [-0.4, -0.2) is 19.1 Å². The number of hydrogen-bond acceptors (Lipinski definition) is 3. The first-order chi connectivity index (χ1) is 11.7. The van der Waals surface area contributed by atoms with Gasteiger partial charge in [-0.05, 0) is 62.1 Å². The minimum absolute atomic E-state index is 0.0802. The predicted octanol–water partition coefficient (Wildman–Crippen LogP) is 4.62. The molecule has 1 amide bonds. The third kappa shape index (κ3) is 4.36. The van der Waals surface area contributed by atoms with E-state index in [9.17, 15) is 4.79 Å². The number of carbonyl (C=O) groups excluding carboxylic acids is 1. The number of nitrogens with one attached hydrogen (secondary N) is 1. The van der Waals surface area contributed by atoms with Crippen LogP contribution in [0.15, 0.2) is 54.6 Å². The molecule has 0 spiro atoms. The number of anilines is 1. The first kappa shape index (κ1) is 16.5. The van der Waals surface area contributed by atoms with E-state index in [0.29, 0.717) is 6.10 Å². The van der Waals surface area contributed by atoms with Gasteiger partial charge in [0.2, 0.25) is 5.91 Å². The van der Waals surface area contributed by atoms with Gasteiger partial charge in [0.25, 0.3) is 0 Å². The van der Waals surface area contributed by atoms with E-state index < -0.39 is 0 Å². The van der Waals surface area contributed by atoms with Gasteiger partial charge in [0, 0.05) is 18.7 Å². The van der Waals surface area contributed by atoms with Gasteiger partial charge in [-0.2, -0.15) is 0 Å². The Morgan fingerprint density at radius 2 is 1.54 bits per heavy atom. The lowest BCUT2D eigenvalue weighted by atomic mass is 9.87. The van der Waals surface area contributed by atoms with Crippen molar-refractivity contribution in [1.29, 1.82) is 0 Å². The average molecular weight is 325 g/mol. The van der Waals surface area contributed by atoms with Crippen molar-refractivity contribution in [3.63, 3.8) is 0 Å². The molecule has 0 aromatic heterocycles. The minimum atomic E-state index is 0.0802. The molecule has 126 valence electrons. The molecule has 4 nitrogen and oxygen atoms in total. The standard InChI is InChI=1S/C20H23NO3/c1-23-17-11-7-15(8-12-17)20(22)21-16-9-13-19(14-10-16)24-18-5-3-2-4-6-18/h2-6,9-10,13-15,17H,7-8,11-12H2,1H3,(H,21,22). The number of hydrogen-bond donors (Lipinski definition) is 1. The molecule has 0 unspecified atom stereocenters. The zero-order valence-corrected chi connectivity index (χ0v) is 13.9. The third-order valence-corrected chi connectivity index (χ3v) is 4.48. The fourth-order valence-corrected chi connectivity index (χ4v) is 3.04. The summed E-state index contributed by atoms with van der Waals surface area (Å²) in [7, 11) is 1.74. The van der Waals surface area contributed by atoms with Gasteiger partial charge in [-0.1, -0.05) is 18.2 Å². The highest BCUT2D eigenvalue weighted by molar-refractivity contribution is 5.92. The lowest BCUT2D eigenvalue weighted by molar-refractivity contribution is -0.121. The zero-order valence-electron chi connectivity index (χ0n) is 13.9. The largest absolute Gasteiger partial charge is 0.457 e. The van der Waals surface area contributed by atoms with Crippen molar-refractivity contribution in [1.82, 2.24) is 0 Å². The fraction of sp³-hybridized carbons (Fsp3) is 0.350. The van der Waals surface area contributed by atoms with Crippen LogP contribution in [0.2, 0.25) is 0 Å². The smallest absolute Gasteiger partial charge is 0.227 e. The Morgan fingerprint density at radius 3 is 2.17 bits per heavy atom. The maximum Gasteiger partial charge on any atom is 0.227 e. The van der Waals surface area contributed by atoms with Crippen LogP contribution in [-0.2, 0) is 9.53 Å². The lowest BCUT2D eigenvalue weighted by Gasteiger charge is -2.26. The molecule has 2 aromatic carbocycles. The van der Waals surface area contributed by atoms with Crippen molar-refractivity contribution in [3.05, 3.63) is 54.6 Å². The Hall–Kier alpha value is -2.33. The molecule has 2 aromatic rings. The molecule has 1 N–H and O–H groups in total. The van der Waals surface area contributed by atoms with Crippen molar-refractivity contribution in [3.8, 4) is 11.5 Å². The monoisotopic (exact) mass is 325 g/mol. The van der Waals surface area contributed by atoms with Crippen LogP contribution in [0.1, 0.15) is 25.7 Å². The molecule has 0 heterocycles. The molecule has 3 rings (SSSR count). The van der Waals surface area contributed by atoms with E-state index in [4.69, 9.17) is 9.47 Å². The average Bonchev–Trinajstić information content (AvgIpc) is 2.64. The second-order valence-corrected chi connectivity index (χ2v) is 6.14. The molecule has 1 saturated carbocycles. The van der Waals surface area contributed by atoms with Crippen LogP contribution >= 0.6 is 0 Å². The second-order valence-electron chi connectivity index (χ2n) is 6.14. The maximum absolute atomic E-state index is 12.4. The Labute approximate surface area is 142 Å². The van der Waals surface area contributed by atoms with Crippen LogP contribution in [0.25, 0.3) is 0 Å². The van der Waals surface area contributed by atoms with Gasteiger partial charge in [0.05, 0.1) is 6.10 Å². The molecule has 1 aliphatic carbocycles. The van der Waals surface area contributed by atoms with Crippen molar-refractivity contribution < 1.29 is 14.3 Å². The van der Waals surface area contributed by atoms with Crippen LogP contribution in [0, 0.1) is 5.92 Å². The van der Waals surface area contributed by atoms with E-state index in [1.165, 1.54) is 0 Å². The summed E-state index contributed by atoms with van der Waals surface area (Å²) in [6.45, 7) is 0. The molecule has 0 saturated heterocycles. The van der Waals surface area contributed by atoms with Crippen LogP contribution < -0.4 is 10.1 Å². The number of benzene rings is 2. The van der Waals surface area contributed by atoms with Crippen LogP contribution in [0.5, 0.6) is 11.5 Å². The highest BCUT2D eigenvalue weighted by atomic mass is 16.5. The third-order valence-electron chi connectivity index (χ3n) is 4.48. The normalized spacial score (nSPS) is 20.4. The van der Waals surface area contributed by atoms with E-state index in [1.807, 2.05) is 54.6 Å². The van der Waals surface area contributed by atoms with E-state index in [0.717, 1.165) is 42.9 Å². The maximum atomic E-state index is 12.4. The first-order valence-corrected chi connectivity index (χ1v) is 8.41. The Morgan fingerprint density at radius 1 is 0.917 bits per heavy atom. The zero-order chi connectivity index (χ0) is 16.8. The lowest BCUT2D eigenvalue weighted by Crippen LogP contribution is -2.29.